The van der Waals surface area contributed by atoms with Crippen molar-refractivity contribution in [3.63, 3.8) is 0 Å². The molecule has 0 bridgehead atoms. The van der Waals surface area contributed by atoms with Gasteiger partial charge in [-0.05, 0) is 26.5 Å². The standard InChI is InChI=1S/C37H43NO5Si/c1-28(36(39)40)34-35(41-26-30-19-11-6-12-20-30)33(43-38(34)25-29-17-9-5-10-18-29)27-42-44(37(2,3)4,31-21-13-7-14-22-31)32-23-15-8-16-24-32/h5-24,28,33-35H,25-27H2,1-4H3,(H,39,40)/p-1/t28?,33-,34-,35-/m0/s1. The van der Waals surface area contributed by atoms with Gasteiger partial charge in [0.15, 0.2) is 0 Å². The molecule has 4 aromatic carbocycles. The maximum Gasteiger partial charge on any atom is 0.261 e. The van der Waals surface area contributed by atoms with Gasteiger partial charge in [-0.1, -0.05) is 149 Å². The van der Waals surface area contributed by atoms with E-state index in [0.717, 1.165) is 11.1 Å². The van der Waals surface area contributed by atoms with E-state index < -0.39 is 38.5 Å². The Morgan fingerprint density at radius 2 is 1.30 bits per heavy atom. The van der Waals surface area contributed by atoms with Crippen LogP contribution >= 0.6 is 0 Å². The molecule has 1 unspecified atom stereocenters. The average molecular weight is 609 g/mol. The summed E-state index contributed by atoms with van der Waals surface area (Å²) in [5, 5.41) is 16.2. The largest absolute Gasteiger partial charge is 0.550 e. The molecule has 0 saturated carbocycles. The van der Waals surface area contributed by atoms with E-state index in [1.54, 1.807) is 12.0 Å². The van der Waals surface area contributed by atoms with Crippen molar-refractivity contribution in [3.05, 3.63) is 132 Å². The summed E-state index contributed by atoms with van der Waals surface area (Å²) in [5.74, 6) is -1.99. The molecule has 0 amide bonds. The third kappa shape index (κ3) is 6.88. The number of ether oxygens (including phenoxy) is 1. The first-order chi connectivity index (χ1) is 21.2. The van der Waals surface area contributed by atoms with Gasteiger partial charge < -0.3 is 19.1 Å². The number of hydroxylamine groups is 2. The maximum absolute atomic E-state index is 12.4. The molecule has 230 valence electrons. The molecule has 1 saturated heterocycles. The Morgan fingerprint density at radius 1 is 0.818 bits per heavy atom. The highest BCUT2D eigenvalue weighted by Gasteiger charge is 2.53. The van der Waals surface area contributed by atoms with Gasteiger partial charge in [-0.3, -0.25) is 4.84 Å². The first-order valence-electron chi connectivity index (χ1n) is 15.3. The van der Waals surface area contributed by atoms with Crippen LogP contribution in [0.1, 0.15) is 38.8 Å². The van der Waals surface area contributed by atoms with E-state index in [4.69, 9.17) is 14.0 Å². The molecule has 4 aromatic rings. The molecule has 5 rings (SSSR count). The first kappa shape index (κ1) is 31.8. The van der Waals surface area contributed by atoms with Crippen LogP contribution in [0.2, 0.25) is 5.04 Å². The third-order valence-corrected chi connectivity index (χ3v) is 13.5. The van der Waals surface area contributed by atoms with Crippen LogP contribution in [-0.4, -0.2) is 44.2 Å². The summed E-state index contributed by atoms with van der Waals surface area (Å²) in [7, 11) is -2.88. The SMILES string of the molecule is CC(C(=O)[O-])[C@H]1[C@@H](OCc2ccccc2)[C@H](CO[Si](c2ccccc2)(c2ccccc2)C(C)(C)C)ON1Cc1ccccc1. The summed E-state index contributed by atoms with van der Waals surface area (Å²) in [6.07, 6.45) is -1.12. The summed E-state index contributed by atoms with van der Waals surface area (Å²) >= 11 is 0. The Balaban J connectivity index is 1.53. The van der Waals surface area contributed by atoms with Crippen LogP contribution < -0.4 is 15.5 Å². The molecule has 0 N–H and O–H groups in total. The Morgan fingerprint density at radius 3 is 1.77 bits per heavy atom. The van der Waals surface area contributed by atoms with Crippen molar-refractivity contribution in [2.24, 2.45) is 5.92 Å². The quantitative estimate of drug-likeness (QED) is 0.217. The van der Waals surface area contributed by atoms with Crippen molar-refractivity contribution in [3.8, 4) is 0 Å². The highest BCUT2D eigenvalue weighted by atomic mass is 28.4. The Kier molecular flexibility index (Phi) is 10.1. The van der Waals surface area contributed by atoms with Gasteiger partial charge in [0.1, 0.15) is 12.2 Å². The molecule has 0 radical (unpaired) electrons. The number of aliphatic carboxylic acids is 1. The third-order valence-electron chi connectivity index (χ3n) is 8.54. The number of nitrogens with zero attached hydrogens (tertiary/aromatic N) is 1. The number of carboxylic acid groups (broad SMARTS) is 1. The van der Waals surface area contributed by atoms with Gasteiger partial charge in [-0.25, -0.2) is 0 Å². The molecular formula is C37H42NO5Si-. The molecule has 4 atom stereocenters. The van der Waals surface area contributed by atoms with Crippen molar-refractivity contribution >= 4 is 24.7 Å². The zero-order chi connectivity index (χ0) is 31.2. The van der Waals surface area contributed by atoms with Gasteiger partial charge in [0.25, 0.3) is 8.32 Å². The highest BCUT2D eigenvalue weighted by Crippen LogP contribution is 2.38. The van der Waals surface area contributed by atoms with Gasteiger partial charge in [0.2, 0.25) is 0 Å². The van der Waals surface area contributed by atoms with Gasteiger partial charge in [0, 0.05) is 18.4 Å². The molecular weight excluding hydrogens is 566 g/mol. The van der Waals surface area contributed by atoms with E-state index in [2.05, 4.69) is 69.3 Å². The van der Waals surface area contributed by atoms with E-state index in [0.29, 0.717) is 13.2 Å². The molecule has 1 fully saturated rings. The summed E-state index contributed by atoms with van der Waals surface area (Å²) in [6.45, 7) is 9.34. The number of hydrogen-bond donors (Lipinski definition) is 0. The van der Waals surface area contributed by atoms with Crippen LogP contribution in [0.4, 0.5) is 0 Å². The smallest absolute Gasteiger partial charge is 0.261 e. The summed E-state index contributed by atoms with van der Waals surface area (Å²) in [6, 6.07) is 40.2. The van der Waals surface area contributed by atoms with Crippen molar-refractivity contribution < 1.29 is 23.9 Å². The fourth-order valence-electron chi connectivity index (χ4n) is 6.33. The van der Waals surface area contributed by atoms with Gasteiger partial charge in [-0.2, -0.15) is 5.06 Å². The minimum absolute atomic E-state index is 0.226. The summed E-state index contributed by atoms with van der Waals surface area (Å²) in [4.78, 5) is 19.0. The average Bonchev–Trinajstić information content (AvgIpc) is 3.37. The summed E-state index contributed by atoms with van der Waals surface area (Å²) < 4.78 is 13.9. The van der Waals surface area contributed by atoms with E-state index in [1.165, 1.54) is 10.4 Å². The first-order valence-corrected chi connectivity index (χ1v) is 17.2. The van der Waals surface area contributed by atoms with Crippen LogP contribution in [-0.2, 0) is 31.9 Å². The molecule has 7 heteroatoms. The lowest BCUT2D eigenvalue weighted by molar-refractivity contribution is -0.315. The van der Waals surface area contributed by atoms with Crippen LogP contribution in [0.25, 0.3) is 0 Å². The zero-order valence-electron chi connectivity index (χ0n) is 26.0. The topological polar surface area (TPSA) is 71.1 Å². The molecule has 0 aromatic heterocycles. The Labute approximate surface area is 262 Å². The van der Waals surface area contributed by atoms with Crippen molar-refractivity contribution in [1.82, 2.24) is 5.06 Å². The predicted molar refractivity (Wildman–Crippen MR) is 173 cm³/mol. The maximum atomic E-state index is 12.4. The van der Waals surface area contributed by atoms with Gasteiger partial charge in [-0.15, -0.1) is 0 Å². The lowest BCUT2D eigenvalue weighted by atomic mass is 9.94. The fourth-order valence-corrected chi connectivity index (χ4v) is 10.9. The minimum atomic E-state index is -2.88. The van der Waals surface area contributed by atoms with Crippen molar-refractivity contribution in [2.75, 3.05) is 6.61 Å². The van der Waals surface area contributed by atoms with Crippen LogP contribution in [0.5, 0.6) is 0 Å². The molecule has 1 aliphatic heterocycles. The predicted octanol–water partition coefficient (Wildman–Crippen LogP) is 4.72. The highest BCUT2D eigenvalue weighted by molar-refractivity contribution is 6.99. The number of carbonyl (C=O) groups excluding carboxylic acids is 1. The number of hydrogen-bond acceptors (Lipinski definition) is 6. The van der Waals surface area contributed by atoms with Gasteiger partial charge in [0.05, 0.1) is 19.3 Å². The van der Waals surface area contributed by atoms with Crippen molar-refractivity contribution in [2.45, 2.75) is 64.1 Å². The van der Waals surface area contributed by atoms with Gasteiger partial charge >= 0.3 is 0 Å². The van der Waals surface area contributed by atoms with E-state index in [9.17, 15) is 9.90 Å². The number of carbonyl (C=O) groups is 1. The molecule has 1 aliphatic rings. The van der Waals surface area contributed by atoms with E-state index in [-0.39, 0.29) is 11.6 Å². The van der Waals surface area contributed by atoms with Crippen molar-refractivity contribution in [1.29, 1.82) is 0 Å². The fraction of sp³-hybridized carbons (Fsp3) is 0.324. The number of benzene rings is 4. The number of rotatable bonds is 12. The Bertz CT molecular complexity index is 1420. The second-order valence-electron chi connectivity index (χ2n) is 12.5. The monoisotopic (exact) mass is 608 g/mol. The lowest BCUT2D eigenvalue weighted by Gasteiger charge is -2.43. The lowest BCUT2D eigenvalue weighted by Crippen LogP contribution is -2.67. The second kappa shape index (κ2) is 14.0. The van der Waals surface area contributed by atoms with E-state index in [1.807, 2.05) is 72.8 Å². The normalized spacial score (nSPS) is 20.0. The van der Waals surface area contributed by atoms with E-state index >= 15 is 0 Å². The minimum Gasteiger partial charge on any atom is -0.550 e. The Hall–Kier alpha value is -3.59. The van der Waals surface area contributed by atoms with Crippen LogP contribution in [0, 0.1) is 5.92 Å². The number of carboxylic acids is 1. The molecule has 44 heavy (non-hydrogen) atoms. The second-order valence-corrected chi connectivity index (χ2v) is 16.8. The van der Waals surface area contributed by atoms with Crippen LogP contribution in [0.3, 0.4) is 0 Å². The molecule has 6 nitrogen and oxygen atoms in total. The molecule has 1 heterocycles. The zero-order valence-corrected chi connectivity index (χ0v) is 27.0. The molecule has 0 aliphatic carbocycles. The van der Waals surface area contributed by atoms with Crippen LogP contribution in [0.15, 0.2) is 121 Å². The summed E-state index contributed by atoms with van der Waals surface area (Å²) in [5.41, 5.74) is 2.01. The molecule has 0 spiro atoms.